The maximum Gasteiger partial charge on any atom is 0.124 e. The Bertz CT molecular complexity index is 302. The molecule has 0 nitrogen and oxygen atoms in total. The molecule has 0 saturated carbocycles. The van der Waals surface area contributed by atoms with Crippen molar-refractivity contribution in [2.45, 2.75) is 31.9 Å². The zero-order chi connectivity index (χ0) is 11.1. The van der Waals surface area contributed by atoms with Gasteiger partial charge in [-0.05, 0) is 29.9 Å². The molecule has 0 aromatic heterocycles. The highest BCUT2D eigenvalue weighted by Gasteiger charge is 2.01. The number of unbranched alkanes of at least 4 members (excludes halogenated alkanes) is 2. The fourth-order valence-corrected chi connectivity index (χ4v) is 2.98. The van der Waals surface area contributed by atoms with E-state index < -0.39 is 0 Å². The smallest absolute Gasteiger partial charge is 0.124 e. The van der Waals surface area contributed by atoms with E-state index in [4.69, 9.17) is 0 Å². The Morgan fingerprint density at radius 3 is 2.80 bits per heavy atom. The molecule has 84 valence electrons. The monoisotopic (exact) mass is 290 g/mol. The van der Waals surface area contributed by atoms with Crippen LogP contribution in [0.5, 0.6) is 0 Å². The molecular formula is C12H16BrFS. The maximum absolute atomic E-state index is 12.8. The van der Waals surface area contributed by atoms with Crippen LogP contribution in [-0.2, 0) is 5.75 Å². The largest absolute Gasteiger partial charge is 0.207 e. The molecule has 0 amide bonds. The zero-order valence-corrected chi connectivity index (χ0v) is 11.3. The van der Waals surface area contributed by atoms with Gasteiger partial charge in [-0.2, -0.15) is 11.8 Å². The first-order valence-corrected chi connectivity index (χ1v) is 7.20. The van der Waals surface area contributed by atoms with Gasteiger partial charge in [0.05, 0.1) is 0 Å². The van der Waals surface area contributed by atoms with E-state index in [1.807, 2.05) is 17.8 Å². The van der Waals surface area contributed by atoms with Crippen molar-refractivity contribution in [1.29, 1.82) is 0 Å². The fourth-order valence-electron chi connectivity index (χ4n) is 1.27. The lowest BCUT2D eigenvalue weighted by atomic mass is 10.2. The molecule has 0 N–H and O–H groups in total. The van der Waals surface area contributed by atoms with Gasteiger partial charge >= 0.3 is 0 Å². The molecule has 0 aliphatic carbocycles. The summed E-state index contributed by atoms with van der Waals surface area (Å²) < 4.78 is 13.7. The molecule has 0 fully saturated rings. The molecule has 0 heterocycles. The van der Waals surface area contributed by atoms with Crippen molar-refractivity contribution in [2.75, 3.05) is 5.75 Å². The van der Waals surface area contributed by atoms with Gasteiger partial charge in [-0.15, -0.1) is 0 Å². The topological polar surface area (TPSA) is 0 Å². The second-order valence-electron chi connectivity index (χ2n) is 3.50. The van der Waals surface area contributed by atoms with Gasteiger partial charge in [0.1, 0.15) is 5.82 Å². The SMILES string of the molecule is CCCCCSCc1ccc(F)cc1Br. The third kappa shape index (κ3) is 5.03. The van der Waals surface area contributed by atoms with Crippen LogP contribution >= 0.6 is 27.7 Å². The van der Waals surface area contributed by atoms with E-state index >= 15 is 0 Å². The van der Waals surface area contributed by atoms with Crippen molar-refractivity contribution >= 4 is 27.7 Å². The molecule has 0 saturated heterocycles. The van der Waals surface area contributed by atoms with Gasteiger partial charge in [-0.1, -0.05) is 41.8 Å². The first-order valence-electron chi connectivity index (χ1n) is 5.25. The molecule has 0 bridgehead atoms. The Morgan fingerprint density at radius 1 is 1.33 bits per heavy atom. The molecule has 0 aliphatic rings. The van der Waals surface area contributed by atoms with Crippen molar-refractivity contribution in [3.05, 3.63) is 34.1 Å². The van der Waals surface area contributed by atoms with Crippen LogP contribution in [0.3, 0.4) is 0 Å². The lowest BCUT2D eigenvalue weighted by Gasteiger charge is -2.04. The van der Waals surface area contributed by atoms with Crippen molar-refractivity contribution in [3.63, 3.8) is 0 Å². The lowest BCUT2D eigenvalue weighted by molar-refractivity contribution is 0.626. The summed E-state index contributed by atoms with van der Waals surface area (Å²) in [7, 11) is 0. The van der Waals surface area contributed by atoms with Gasteiger partial charge in [0.15, 0.2) is 0 Å². The van der Waals surface area contributed by atoms with Crippen LogP contribution in [0.15, 0.2) is 22.7 Å². The molecule has 0 unspecified atom stereocenters. The Labute approximate surface area is 104 Å². The minimum absolute atomic E-state index is 0.179. The summed E-state index contributed by atoms with van der Waals surface area (Å²) in [5.41, 5.74) is 1.18. The Morgan fingerprint density at radius 2 is 2.13 bits per heavy atom. The first kappa shape index (κ1) is 13.0. The van der Waals surface area contributed by atoms with Crippen LogP contribution in [0.1, 0.15) is 31.7 Å². The number of benzene rings is 1. The molecule has 0 aliphatic heterocycles. The predicted octanol–water partition coefficient (Wildman–Crippen LogP) is 5.01. The van der Waals surface area contributed by atoms with Crippen LogP contribution in [0, 0.1) is 5.82 Å². The summed E-state index contributed by atoms with van der Waals surface area (Å²) in [6, 6.07) is 4.90. The minimum atomic E-state index is -0.179. The highest BCUT2D eigenvalue weighted by molar-refractivity contribution is 9.10. The minimum Gasteiger partial charge on any atom is -0.207 e. The van der Waals surface area contributed by atoms with Crippen LogP contribution in [0.2, 0.25) is 0 Å². The van der Waals surface area contributed by atoms with Gasteiger partial charge in [0.25, 0.3) is 0 Å². The van der Waals surface area contributed by atoms with E-state index in [1.54, 1.807) is 0 Å². The molecule has 3 heteroatoms. The summed E-state index contributed by atoms with van der Waals surface area (Å²) in [5.74, 6) is 1.98. The molecule has 1 rings (SSSR count). The Balaban J connectivity index is 2.31. The van der Waals surface area contributed by atoms with Gasteiger partial charge in [0, 0.05) is 10.2 Å². The molecule has 1 aromatic rings. The van der Waals surface area contributed by atoms with E-state index in [9.17, 15) is 4.39 Å². The van der Waals surface area contributed by atoms with Crippen LogP contribution in [-0.4, -0.2) is 5.75 Å². The fraction of sp³-hybridized carbons (Fsp3) is 0.500. The van der Waals surface area contributed by atoms with E-state index in [-0.39, 0.29) is 5.82 Å². The summed E-state index contributed by atoms with van der Waals surface area (Å²) in [4.78, 5) is 0. The third-order valence-electron chi connectivity index (χ3n) is 2.16. The zero-order valence-electron chi connectivity index (χ0n) is 8.93. The number of hydrogen-bond donors (Lipinski definition) is 0. The second-order valence-corrected chi connectivity index (χ2v) is 5.45. The highest BCUT2D eigenvalue weighted by atomic mass is 79.9. The van der Waals surface area contributed by atoms with E-state index in [1.165, 1.54) is 42.7 Å². The van der Waals surface area contributed by atoms with Gasteiger partial charge in [-0.3, -0.25) is 0 Å². The average molecular weight is 291 g/mol. The quantitative estimate of drug-likeness (QED) is 0.664. The number of hydrogen-bond acceptors (Lipinski definition) is 1. The highest BCUT2D eigenvalue weighted by Crippen LogP contribution is 2.23. The van der Waals surface area contributed by atoms with Gasteiger partial charge in [0.2, 0.25) is 0 Å². The summed E-state index contributed by atoms with van der Waals surface area (Å²) >= 11 is 5.29. The lowest BCUT2D eigenvalue weighted by Crippen LogP contribution is -1.87. The van der Waals surface area contributed by atoms with Gasteiger partial charge < -0.3 is 0 Å². The van der Waals surface area contributed by atoms with Crippen molar-refractivity contribution in [2.24, 2.45) is 0 Å². The second kappa shape index (κ2) is 7.29. The standard InChI is InChI=1S/C12H16BrFS/c1-2-3-4-7-15-9-10-5-6-11(14)8-12(10)13/h5-6,8H,2-4,7,9H2,1H3. The van der Waals surface area contributed by atoms with Crippen molar-refractivity contribution < 1.29 is 4.39 Å². The Kier molecular flexibility index (Phi) is 6.34. The van der Waals surface area contributed by atoms with E-state index in [0.717, 1.165) is 10.2 Å². The third-order valence-corrected chi connectivity index (χ3v) is 4.00. The van der Waals surface area contributed by atoms with E-state index in [0.29, 0.717) is 0 Å². The number of rotatable bonds is 6. The van der Waals surface area contributed by atoms with Gasteiger partial charge in [-0.25, -0.2) is 4.39 Å². The normalized spacial score (nSPS) is 10.6. The summed E-state index contributed by atoms with van der Waals surface area (Å²) in [6.07, 6.45) is 3.85. The number of halogens is 2. The van der Waals surface area contributed by atoms with Crippen molar-refractivity contribution in [3.8, 4) is 0 Å². The van der Waals surface area contributed by atoms with Crippen LogP contribution in [0.25, 0.3) is 0 Å². The molecule has 0 atom stereocenters. The molecule has 0 radical (unpaired) electrons. The summed E-state index contributed by atoms with van der Waals surface area (Å²) in [5, 5.41) is 0. The van der Waals surface area contributed by atoms with Crippen molar-refractivity contribution in [1.82, 2.24) is 0 Å². The molecule has 0 spiro atoms. The maximum atomic E-state index is 12.8. The molecule has 1 aromatic carbocycles. The van der Waals surface area contributed by atoms with Crippen LogP contribution < -0.4 is 0 Å². The number of thioether (sulfide) groups is 1. The van der Waals surface area contributed by atoms with E-state index in [2.05, 4.69) is 22.9 Å². The average Bonchev–Trinajstić information content (AvgIpc) is 2.20. The Hall–Kier alpha value is -0.0200. The molecular weight excluding hydrogens is 275 g/mol. The molecule has 15 heavy (non-hydrogen) atoms. The van der Waals surface area contributed by atoms with Crippen LogP contribution in [0.4, 0.5) is 4.39 Å². The first-order chi connectivity index (χ1) is 7.24. The summed E-state index contributed by atoms with van der Waals surface area (Å²) in [6.45, 7) is 2.21. The predicted molar refractivity (Wildman–Crippen MR) is 69.8 cm³/mol.